The van der Waals surface area contributed by atoms with Crippen LogP contribution in [0.1, 0.15) is 34.8 Å². The van der Waals surface area contributed by atoms with Crippen LogP contribution >= 0.6 is 0 Å². The van der Waals surface area contributed by atoms with Crippen LogP contribution in [0.15, 0.2) is 18.2 Å². The smallest absolute Gasteiger partial charge is 0.338 e. The molecule has 0 spiro atoms. The Kier molecular flexibility index (Phi) is 4.79. The summed E-state index contributed by atoms with van der Waals surface area (Å²) in [6.45, 7) is 5.08. The topological polar surface area (TPSA) is 89.5 Å². The number of hydrogen-bond donors (Lipinski definition) is 1. The van der Waals surface area contributed by atoms with Gasteiger partial charge >= 0.3 is 5.97 Å². The monoisotopic (exact) mass is 339 g/mol. The second-order valence-corrected chi connectivity index (χ2v) is 8.51. The molecule has 1 aromatic carbocycles. The lowest BCUT2D eigenvalue weighted by Gasteiger charge is -2.23. The molecule has 7 heteroatoms. The molecule has 1 atom stereocenters. The fourth-order valence-electron chi connectivity index (χ4n) is 2.56. The Balaban J connectivity index is 1.89. The fraction of sp³-hybridized carbons (Fsp3) is 0.500. The molecule has 1 saturated heterocycles. The Bertz CT molecular complexity index is 741. The van der Waals surface area contributed by atoms with Crippen molar-refractivity contribution < 1.29 is 22.7 Å². The molecule has 23 heavy (non-hydrogen) atoms. The lowest BCUT2D eigenvalue weighted by Crippen LogP contribution is -2.48. The van der Waals surface area contributed by atoms with Crippen molar-refractivity contribution in [1.82, 2.24) is 5.32 Å². The van der Waals surface area contributed by atoms with Crippen molar-refractivity contribution in [3.05, 3.63) is 34.9 Å². The van der Waals surface area contributed by atoms with E-state index in [9.17, 15) is 18.0 Å². The molecule has 0 bridgehead atoms. The maximum absolute atomic E-state index is 11.9. The van der Waals surface area contributed by atoms with E-state index in [-0.39, 0.29) is 11.5 Å². The summed E-state index contributed by atoms with van der Waals surface area (Å²) in [5.41, 5.74) is 1.63. The van der Waals surface area contributed by atoms with Crippen LogP contribution in [0.5, 0.6) is 0 Å². The molecule has 0 radical (unpaired) electrons. The maximum atomic E-state index is 11.9. The largest absolute Gasteiger partial charge is 0.452 e. The summed E-state index contributed by atoms with van der Waals surface area (Å²) in [5.74, 6) is -1.10. The van der Waals surface area contributed by atoms with E-state index in [1.54, 1.807) is 19.1 Å². The Morgan fingerprint density at radius 1 is 1.26 bits per heavy atom. The third-order valence-electron chi connectivity index (χ3n) is 4.02. The first-order valence-corrected chi connectivity index (χ1v) is 9.18. The molecular formula is C16H21NO5S. The molecule has 1 aromatic rings. The number of aryl methyl sites for hydroxylation is 2. The van der Waals surface area contributed by atoms with E-state index in [0.29, 0.717) is 12.0 Å². The normalized spacial score (nSPS) is 22.6. The molecule has 0 unspecified atom stereocenters. The van der Waals surface area contributed by atoms with Crippen molar-refractivity contribution >= 4 is 21.7 Å². The SMILES string of the molecule is Cc1ccc(C(=O)OCC(=O)N[C@]2(C)CCS(=O)(=O)C2)cc1C. The Morgan fingerprint density at radius 2 is 1.96 bits per heavy atom. The van der Waals surface area contributed by atoms with Gasteiger partial charge in [-0.2, -0.15) is 0 Å². The lowest BCUT2D eigenvalue weighted by molar-refractivity contribution is -0.125. The van der Waals surface area contributed by atoms with Crippen LogP contribution in [0, 0.1) is 13.8 Å². The molecule has 1 aliphatic heterocycles. The minimum absolute atomic E-state index is 0.0617. The van der Waals surface area contributed by atoms with Gasteiger partial charge in [-0.1, -0.05) is 6.07 Å². The molecule has 0 aromatic heterocycles. The number of amides is 1. The number of carbonyl (C=O) groups excluding carboxylic acids is 2. The number of esters is 1. The molecule has 1 aliphatic rings. The molecule has 6 nitrogen and oxygen atoms in total. The van der Waals surface area contributed by atoms with E-state index >= 15 is 0 Å². The quantitative estimate of drug-likeness (QED) is 0.831. The van der Waals surface area contributed by atoms with Crippen molar-refractivity contribution in [2.45, 2.75) is 32.7 Å². The van der Waals surface area contributed by atoms with Crippen LogP contribution in [-0.2, 0) is 19.4 Å². The highest BCUT2D eigenvalue weighted by Gasteiger charge is 2.39. The summed E-state index contributed by atoms with van der Waals surface area (Å²) in [5, 5.41) is 2.64. The van der Waals surface area contributed by atoms with Crippen LogP contribution in [0.2, 0.25) is 0 Å². The molecule has 2 rings (SSSR count). The number of benzene rings is 1. The minimum atomic E-state index is -3.11. The van der Waals surface area contributed by atoms with Gasteiger partial charge in [-0.15, -0.1) is 0 Å². The zero-order valence-electron chi connectivity index (χ0n) is 13.5. The summed E-state index contributed by atoms with van der Waals surface area (Å²) in [7, 11) is -3.11. The van der Waals surface area contributed by atoms with Gasteiger partial charge in [0, 0.05) is 0 Å². The first-order chi connectivity index (χ1) is 10.6. The van der Waals surface area contributed by atoms with Crippen LogP contribution < -0.4 is 5.32 Å². The van der Waals surface area contributed by atoms with Crippen molar-refractivity contribution in [3.8, 4) is 0 Å². The van der Waals surface area contributed by atoms with Gasteiger partial charge in [0.25, 0.3) is 5.91 Å². The molecule has 1 heterocycles. The standard InChI is InChI=1S/C16H21NO5S/c1-11-4-5-13(8-12(11)2)15(19)22-9-14(18)17-16(3)6-7-23(20,21)10-16/h4-5,8H,6-7,9-10H2,1-3H3,(H,17,18)/t16-/m1/s1. The number of nitrogens with one attached hydrogen (secondary N) is 1. The minimum Gasteiger partial charge on any atom is -0.452 e. The number of carbonyl (C=O) groups is 2. The second-order valence-electron chi connectivity index (χ2n) is 6.33. The number of rotatable bonds is 4. The van der Waals surface area contributed by atoms with Gasteiger partial charge in [-0.3, -0.25) is 4.79 Å². The summed E-state index contributed by atoms with van der Waals surface area (Å²) in [6.07, 6.45) is 0.367. The summed E-state index contributed by atoms with van der Waals surface area (Å²) < 4.78 is 28.0. The highest BCUT2D eigenvalue weighted by atomic mass is 32.2. The highest BCUT2D eigenvalue weighted by molar-refractivity contribution is 7.91. The molecule has 1 N–H and O–H groups in total. The van der Waals surface area contributed by atoms with E-state index in [4.69, 9.17) is 4.74 Å². The van der Waals surface area contributed by atoms with Gasteiger partial charge in [-0.25, -0.2) is 13.2 Å². The highest BCUT2D eigenvalue weighted by Crippen LogP contribution is 2.22. The van der Waals surface area contributed by atoms with Crippen molar-refractivity contribution in [1.29, 1.82) is 0 Å². The Labute approximate surface area is 136 Å². The van der Waals surface area contributed by atoms with Crippen molar-refractivity contribution in [3.63, 3.8) is 0 Å². The fourth-order valence-corrected chi connectivity index (χ4v) is 4.66. The number of hydrogen-bond acceptors (Lipinski definition) is 5. The first-order valence-electron chi connectivity index (χ1n) is 7.36. The molecule has 1 amide bonds. The zero-order valence-corrected chi connectivity index (χ0v) is 14.3. The predicted molar refractivity (Wildman–Crippen MR) is 86.0 cm³/mol. The first kappa shape index (κ1) is 17.5. The van der Waals surface area contributed by atoms with Gasteiger partial charge < -0.3 is 10.1 Å². The third-order valence-corrected chi connectivity index (χ3v) is 5.92. The van der Waals surface area contributed by atoms with Gasteiger partial charge in [0.2, 0.25) is 0 Å². The van der Waals surface area contributed by atoms with Crippen molar-refractivity contribution in [2.24, 2.45) is 0 Å². The van der Waals surface area contributed by atoms with Crippen LogP contribution in [0.3, 0.4) is 0 Å². The third kappa shape index (κ3) is 4.54. The number of ether oxygens (including phenoxy) is 1. The van der Waals surface area contributed by atoms with Gasteiger partial charge in [0.15, 0.2) is 16.4 Å². The maximum Gasteiger partial charge on any atom is 0.338 e. The van der Waals surface area contributed by atoms with Crippen LogP contribution in [-0.4, -0.2) is 43.9 Å². The summed E-state index contributed by atoms with van der Waals surface area (Å²) in [4.78, 5) is 23.8. The van der Waals surface area contributed by atoms with E-state index in [1.165, 1.54) is 0 Å². The van der Waals surface area contributed by atoms with Gasteiger partial charge in [0.05, 0.1) is 22.6 Å². The Hall–Kier alpha value is -1.89. The Morgan fingerprint density at radius 3 is 2.52 bits per heavy atom. The molecule has 0 saturated carbocycles. The van der Waals surface area contributed by atoms with Gasteiger partial charge in [-0.05, 0) is 50.5 Å². The molecular weight excluding hydrogens is 318 g/mol. The predicted octanol–water partition coefficient (Wildman–Crippen LogP) is 1.15. The average molecular weight is 339 g/mol. The number of sulfone groups is 1. The van der Waals surface area contributed by atoms with Crippen LogP contribution in [0.25, 0.3) is 0 Å². The second kappa shape index (κ2) is 6.31. The van der Waals surface area contributed by atoms with Crippen LogP contribution in [0.4, 0.5) is 0 Å². The molecule has 0 aliphatic carbocycles. The van der Waals surface area contributed by atoms with E-state index in [0.717, 1.165) is 11.1 Å². The van der Waals surface area contributed by atoms with E-state index in [1.807, 2.05) is 19.9 Å². The average Bonchev–Trinajstić information content (AvgIpc) is 2.72. The lowest BCUT2D eigenvalue weighted by atomic mass is 10.0. The molecule has 1 fully saturated rings. The van der Waals surface area contributed by atoms with E-state index < -0.39 is 33.9 Å². The van der Waals surface area contributed by atoms with E-state index in [2.05, 4.69) is 5.32 Å². The summed E-state index contributed by atoms with van der Waals surface area (Å²) in [6, 6.07) is 5.17. The summed E-state index contributed by atoms with van der Waals surface area (Å²) >= 11 is 0. The zero-order chi connectivity index (χ0) is 17.3. The molecule has 126 valence electrons. The van der Waals surface area contributed by atoms with Crippen molar-refractivity contribution in [2.75, 3.05) is 18.1 Å². The van der Waals surface area contributed by atoms with Gasteiger partial charge in [0.1, 0.15) is 0 Å².